The van der Waals surface area contributed by atoms with Crippen molar-refractivity contribution in [3.8, 4) is 5.75 Å². The van der Waals surface area contributed by atoms with Gasteiger partial charge < -0.3 is 10.1 Å². The van der Waals surface area contributed by atoms with Gasteiger partial charge >= 0.3 is 0 Å². The molecule has 2 heterocycles. The fourth-order valence-corrected chi connectivity index (χ4v) is 3.16. The monoisotopic (exact) mass is 353 g/mol. The molecule has 138 valence electrons. The molecule has 0 unspecified atom stereocenters. The van der Waals surface area contributed by atoms with Crippen molar-refractivity contribution in [1.29, 1.82) is 0 Å². The number of piperidine rings is 1. The normalized spacial score (nSPS) is 15.6. The van der Waals surface area contributed by atoms with Crippen LogP contribution in [-0.4, -0.2) is 42.0 Å². The second kappa shape index (κ2) is 9.34. The van der Waals surface area contributed by atoms with Crippen LogP contribution in [0.2, 0.25) is 0 Å². The van der Waals surface area contributed by atoms with E-state index in [4.69, 9.17) is 4.74 Å². The van der Waals surface area contributed by atoms with Crippen LogP contribution in [0.25, 0.3) is 0 Å². The number of nitrogens with one attached hydrogen (secondary N) is 1. The maximum Gasteiger partial charge on any atom is 0.257 e. The topological polar surface area (TPSA) is 54.5 Å². The van der Waals surface area contributed by atoms with E-state index in [1.807, 2.05) is 49.5 Å². The van der Waals surface area contributed by atoms with E-state index in [9.17, 15) is 4.79 Å². The number of amides is 1. The molecule has 0 bridgehead atoms. The molecule has 26 heavy (non-hydrogen) atoms. The zero-order valence-corrected chi connectivity index (χ0v) is 15.4. The van der Waals surface area contributed by atoms with Crippen LogP contribution in [0.4, 0.5) is 0 Å². The maximum absolute atomic E-state index is 12.0. The number of ether oxygens (including phenoxy) is 1. The Hall–Kier alpha value is -2.40. The molecule has 0 radical (unpaired) electrons. The number of pyridine rings is 1. The van der Waals surface area contributed by atoms with Gasteiger partial charge in [0.2, 0.25) is 0 Å². The van der Waals surface area contributed by atoms with Gasteiger partial charge in [0.05, 0.1) is 5.69 Å². The fourth-order valence-electron chi connectivity index (χ4n) is 3.16. The Morgan fingerprint density at radius 1 is 1.19 bits per heavy atom. The van der Waals surface area contributed by atoms with E-state index in [0.29, 0.717) is 5.92 Å². The first-order valence-corrected chi connectivity index (χ1v) is 9.27. The van der Waals surface area contributed by atoms with Crippen molar-refractivity contribution in [2.75, 3.05) is 26.2 Å². The van der Waals surface area contributed by atoms with Crippen LogP contribution in [-0.2, 0) is 11.3 Å². The van der Waals surface area contributed by atoms with Crippen molar-refractivity contribution in [3.05, 3.63) is 59.9 Å². The molecule has 1 N–H and O–H groups in total. The lowest BCUT2D eigenvalue weighted by atomic mass is 9.96. The number of likely N-dealkylation sites (tertiary alicyclic amines) is 1. The minimum absolute atomic E-state index is 0.0542. The van der Waals surface area contributed by atoms with Gasteiger partial charge in [-0.05, 0) is 63.0 Å². The van der Waals surface area contributed by atoms with Gasteiger partial charge in [-0.2, -0.15) is 0 Å². The lowest BCUT2D eigenvalue weighted by molar-refractivity contribution is -0.123. The molecule has 3 rings (SSSR count). The summed E-state index contributed by atoms with van der Waals surface area (Å²) < 4.78 is 5.52. The molecule has 5 heteroatoms. The predicted molar refractivity (Wildman–Crippen MR) is 102 cm³/mol. The van der Waals surface area contributed by atoms with E-state index >= 15 is 0 Å². The van der Waals surface area contributed by atoms with E-state index in [1.54, 1.807) is 0 Å². The first-order chi connectivity index (χ1) is 12.7. The zero-order chi connectivity index (χ0) is 18.2. The molecule has 1 amide bonds. The van der Waals surface area contributed by atoms with Crippen LogP contribution in [0.15, 0.2) is 48.7 Å². The van der Waals surface area contributed by atoms with Crippen LogP contribution in [0.5, 0.6) is 5.75 Å². The molecule has 1 fully saturated rings. The number of benzene rings is 1. The summed E-state index contributed by atoms with van der Waals surface area (Å²) >= 11 is 0. The molecule has 0 saturated carbocycles. The molecule has 0 aliphatic carbocycles. The second-order valence-electron chi connectivity index (χ2n) is 6.95. The lowest BCUT2D eigenvalue weighted by Crippen LogP contribution is -2.39. The van der Waals surface area contributed by atoms with Crippen LogP contribution in [0.1, 0.15) is 24.1 Å². The van der Waals surface area contributed by atoms with Crippen molar-refractivity contribution in [3.63, 3.8) is 0 Å². The third kappa shape index (κ3) is 5.85. The first kappa shape index (κ1) is 18.4. The lowest BCUT2D eigenvalue weighted by Gasteiger charge is -2.31. The molecule has 1 aliphatic heterocycles. The molecule has 2 aromatic rings. The number of rotatable bonds is 7. The summed E-state index contributed by atoms with van der Waals surface area (Å²) in [6.45, 7) is 5.84. The molecule has 1 saturated heterocycles. The molecule has 1 aromatic carbocycles. The first-order valence-electron chi connectivity index (χ1n) is 9.27. The van der Waals surface area contributed by atoms with Crippen LogP contribution < -0.4 is 10.1 Å². The van der Waals surface area contributed by atoms with E-state index in [-0.39, 0.29) is 12.5 Å². The molecule has 5 nitrogen and oxygen atoms in total. The summed E-state index contributed by atoms with van der Waals surface area (Å²) in [6, 6.07) is 13.8. The SMILES string of the molecule is Cc1ccc(OCC(=O)NCC2CCN(Cc3ccccn3)CC2)cc1. The van der Waals surface area contributed by atoms with Gasteiger partial charge in [0.15, 0.2) is 6.61 Å². The smallest absolute Gasteiger partial charge is 0.257 e. The predicted octanol–water partition coefficient (Wildman–Crippen LogP) is 2.80. The Morgan fingerprint density at radius 3 is 2.65 bits per heavy atom. The summed E-state index contributed by atoms with van der Waals surface area (Å²) in [5, 5.41) is 3.00. The van der Waals surface area contributed by atoms with E-state index in [2.05, 4.69) is 21.3 Å². The zero-order valence-electron chi connectivity index (χ0n) is 15.4. The van der Waals surface area contributed by atoms with E-state index in [1.165, 1.54) is 5.56 Å². The van der Waals surface area contributed by atoms with Crippen molar-refractivity contribution >= 4 is 5.91 Å². The highest BCUT2D eigenvalue weighted by molar-refractivity contribution is 5.77. The molecular formula is C21H27N3O2. The molecule has 1 aromatic heterocycles. The van der Waals surface area contributed by atoms with Crippen LogP contribution in [0, 0.1) is 12.8 Å². The van der Waals surface area contributed by atoms with Gasteiger partial charge in [0.1, 0.15) is 5.75 Å². The largest absolute Gasteiger partial charge is 0.484 e. The van der Waals surface area contributed by atoms with Crippen molar-refractivity contribution in [2.24, 2.45) is 5.92 Å². The highest BCUT2D eigenvalue weighted by Crippen LogP contribution is 2.18. The number of aromatic nitrogens is 1. The summed E-state index contributed by atoms with van der Waals surface area (Å²) in [5.74, 6) is 1.22. The Bertz CT molecular complexity index is 680. The second-order valence-corrected chi connectivity index (χ2v) is 6.95. The third-order valence-electron chi connectivity index (χ3n) is 4.80. The van der Waals surface area contributed by atoms with E-state index in [0.717, 1.165) is 50.5 Å². The number of nitrogens with zero attached hydrogens (tertiary/aromatic N) is 2. The number of aryl methyl sites for hydroxylation is 1. The van der Waals surface area contributed by atoms with Crippen LogP contribution >= 0.6 is 0 Å². The van der Waals surface area contributed by atoms with E-state index < -0.39 is 0 Å². The van der Waals surface area contributed by atoms with Gasteiger partial charge in [-0.15, -0.1) is 0 Å². The average Bonchev–Trinajstić information content (AvgIpc) is 2.68. The number of hydrogen-bond acceptors (Lipinski definition) is 4. The van der Waals surface area contributed by atoms with Gasteiger partial charge in [-0.1, -0.05) is 23.8 Å². The standard InChI is InChI=1S/C21H27N3O2/c1-17-5-7-20(8-6-17)26-16-21(25)23-14-18-9-12-24(13-10-18)15-19-4-2-3-11-22-19/h2-8,11,18H,9-10,12-16H2,1H3,(H,23,25). The van der Waals surface area contributed by atoms with Crippen molar-refractivity contribution in [1.82, 2.24) is 15.2 Å². The highest BCUT2D eigenvalue weighted by atomic mass is 16.5. The quantitative estimate of drug-likeness (QED) is 0.832. The molecule has 0 atom stereocenters. The number of carbonyl (C=O) groups excluding carboxylic acids is 1. The summed E-state index contributed by atoms with van der Waals surface area (Å²) in [7, 11) is 0. The molecule has 0 spiro atoms. The third-order valence-corrected chi connectivity index (χ3v) is 4.80. The minimum Gasteiger partial charge on any atom is -0.484 e. The Labute approximate surface area is 155 Å². The average molecular weight is 353 g/mol. The van der Waals surface area contributed by atoms with Crippen LogP contribution in [0.3, 0.4) is 0 Å². The number of carbonyl (C=O) groups is 1. The number of hydrogen-bond donors (Lipinski definition) is 1. The Balaban J connectivity index is 1.32. The fraction of sp³-hybridized carbons (Fsp3) is 0.429. The molecule has 1 aliphatic rings. The molecular weight excluding hydrogens is 326 g/mol. The van der Waals surface area contributed by atoms with Gasteiger partial charge in [-0.25, -0.2) is 0 Å². The van der Waals surface area contributed by atoms with Gasteiger partial charge in [0.25, 0.3) is 5.91 Å². The summed E-state index contributed by atoms with van der Waals surface area (Å²) in [4.78, 5) is 18.8. The maximum atomic E-state index is 12.0. The highest BCUT2D eigenvalue weighted by Gasteiger charge is 2.20. The van der Waals surface area contributed by atoms with Gasteiger partial charge in [-0.3, -0.25) is 14.7 Å². The minimum atomic E-state index is -0.0542. The van der Waals surface area contributed by atoms with Crippen molar-refractivity contribution in [2.45, 2.75) is 26.3 Å². The Morgan fingerprint density at radius 2 is 1.96 bits per heavy atom. The summed E-state index contributed by atoms with van der Waals surface area (Å²) in [5.41, 5.74) is 2.30. The Kier molecular flexibility index (Phi) is 6.61. The van der Waals surface area contributed by atoms with Crippen molar-refractivity contribution < 1.29 is 9.53 Å². The summed E-state index contributed by atoms with van der Waals surface area (Å²) in [6.07, 6.45) is 4.05. The van der Waals surface area contributed by atoms with Gasteiger partial charge in [0, 0.05) is 19.3 Å².